The van der Waals surface area contributed by atoms with E-state index in [0.717, 1.165) is 12.8 Å². The van der Waals surface area contributed by atoms with Gasteiger partial charge < -0.3 is 4.74 Å². The molecular weight excluding hydrogens is 292 g/mol. The molecule has 2 amide bonds. The van der Waals surface area contributed by atoms with Crippen LogP contribution in [-0.2, 0) is 9.59 Å². The molecule has 0 saturated heterocycles. The number of carbonyl (C=O) groups excluding carboxylic acids is 2. The van der Waals surface area contributed by atoms with Gasteiger partial charge in [0.05, 0.1) is 0 Å². The number of ether oxygens (including phenoxy) is 1. The zero-order valence-corrected chi connectivity index (χ0v) is 12.5. The molecule has 5 nitrogen and oxygen atoms in total. The first-order valence-corrected chi connectivity index (χ1v) is 7.47. The molecular formula is C15H19ClN2O3. The largest absolute Gasteiger partial charge is 0.484 e. The summed E-state index contributed by atoms with van der Waals surface area (Å²) in [4.78, 5) is 23.2. The number of amides is 2. The van der Waals surface area contributed by atoms with E-state index < -0.39 is 5.91 Å². The second-order valence-electron chi connectivity index (χ2n) is 5.19. The first kappa shape index (κ1) is 15.6. The van der Waals surface area contributed by atoms with E-state index in [0.29, 0.717) is 23.1 Å². The van der Waals surface area contributed by atoms with Crippen LogP contribution in [0.3, 0.4) is 0 Å². The Kier molecular flexibility index (Phi) is 5.87. The van der Waals surface area contributed by atoms with Crippen LogP contribution in [0.4, 0.5) is 0 Å². The van der Waals surface area contributed by atoms with E-state index in [2.05, 4.69) is 10.9 Å². The predicted octanol–water partition coefficient (Wildman–Crippen LogP) is 2.45. The quantitative estimate of drug-likeness (QED) is 0.821. The normalized spacial score (nSPS) is 14.7. The molecule has 0 unspecified atom stereocenters. The summed E-state index contributed by atoms with van der Waals surface area (Å²) in [6.07, 6.45) is 5.05. The molecule has 6 heteroatoms. The lowest BCUT2D eigenvalue weighted by Gasteiger charge is -2.11. The topological polar surface area (TPSA) is 67.4 Å². The summed E-state index contributed by atoms with van der Waals surface area (Å²) in [7, 11) is 0. The van der Waals surface area contributed by atoms with Gasteiger partial charge in [-0.2, -0.15) is 0 Å². The molecule has 1 aromatic carbocycles. The maximum atomic E-state index is 11.6. The van der Waals surface area contributed by atoms with Crippen LogP contribution in [0.15, 0.2) is 24.3 Å². The Morgan fingerprint density at radius 2 is 1.71 bits per heavy atom. The summed E-state index contributed by atoms with van der Waals surface area (Å²) in [5.74, 6) is 0.450. The van der Waals surface area contributed by atoms with Crippen LogP contribution in [0.25, 0.3) is 0 Å². The zero-order valence-electron chi connectivity index (χ0n) is 11.7. The average molecular weight is 311 g/mol. The van der Waals surface area contributed by atoms with Crippen LogP contribution in [0.2, 0.25) is 5.02 Å². The van der Waals surface area contributed by atoms with E-state index in [9.17, 15) is 9.59 Å². The average Bonchev–Trinajstić information content (AvgIpc) is 2.97. The van der Waals surface area contributed by atoms with Crippen LogP contribution in [0.1, 0.15) is 32.1 Å². The van der Waals surface area contributed by atoms with Gasteiger partial charge in [0.2, 0.25) is 5.91 Å². The highest BCUT2D eigenvalue weighted by molar-refractivity contribution is 6.30. The first-order valence-electron chi connectivity index (χ1n) is 7.09. The number of benzene rings is 1. The number of rotatable bonds is 5. The number of hydrogen-bond donors (Lipinski definition) is 2. The van der Waals surface area contributed by atoms with Gasteiger partial charge in [-0.25, -0.2) is 0 Å². The molecule has 1 saturated carbocycles. The van der Waals surface area contributed by atoms with Crippen molar-refractivity contribution in [3.8, 4) is 5.75 Å². The first-order chi connectivity index (χ1) is 10.1. The fraction of sp³-hybridized carbons (Fsp3) is 0.467. The third-order valence-electron chi connectivity index (χ3n) is 3.47. The fourth-order valence-corrected chi connectivity index (χ4v) is 2.51. The van der Waals surface area contributed by atoms with Gasteiger partial charge in [0.1, 0.15) is 5.75 Å². The standard InChI is InChI=1S/C15H19ClN2O3/c16-12-5-7-13(8-6-12)21-10-15(20)18-17-14(19)9-11-3-1-2-4-11/h5-8,11H,1-4,9-10H2,(H,17,19)(H,18,20). The third kappa shape index (κ3) is 5.63. The van der Waals surface area contributed by atoms with Crippen LogP contribution < -0.4 is 15.6 Å². The van der Waals surface area contributed by atoms with Gasteiger partial charge in [0.15, 0.2) is 6.61 Å². The van der Waals surface area contributed by atoms with Crippen LogP contribution in [0, 0.1) is 5.92 Å². The Balaban J connectivity index is 1.62. The van der Waals surface area contributed by atoms with Crippen LogP contribution >= 0.6 is 11.6 Å². The molecule has 0 radical (unpaired) electrons. The van der Waals surface area contributed by atoms with E-state index in [1.807, 2.05) is 0 Å². The SMILES string of the molecule is O=C(COc1ccc(Cl)cc1)NNC(=O)CC1CCCC1. The maximum Gasteiger partial charge on any atom is 0.276 e. The van der Waals surface area contributed by atoms with Crippen molar-refractivity contribution in [2.45, 2.75) is 32.1 Å². The molecule has 0 aromatic heterocycles. The minimum Gasteiger partial charge on any atom is -0.484 e. The lowest BCUT2D eigenvalue weighted by atomic mass is 10.0. The highest BCUT2D eigenvalue weighted by Gasteiger charge is 2.18. The lowest BCUT2D eigenvalue weighted by Crippen LogP contribution is -2.44. The smallest absolute Gasteiger partial charge is 0.276 e. The summed E-state index contributed by atoms with van der Waals surface area (Å²) >= 11 is 5.75. The van der Waals surface area contributed by atoms with Crippen LogP contribution in [0.5, 0.6) is 5.75 Å². The van der Waals surface area contributed by atoms with Gasteiger partial charge in [-0.1, -0.05) is 24.4 Å². The highest BCUT2D eigenvalue weighted by Crippen LogP contribution is 2.27. The molecule has 0 bridgehead atoms. The van der Waals surface area contributed by atoms with E-state index >= 15 is 0 Å². The Hall–Kier alpha value is -1.75. The Morgan fingerprint density at radius 1 is 1.10 bits per heavy atom. The minimum absolute atomic E-state index is 0.151. The molecule has 0 aliphatic heterocycles. The Bertz CT molecular complexity index is 484. The van der Waals surface area contributed by atoms with Crippen LogP contribution in [-0.4, -0.2) is 18.4 Å². The molecule has 0 spiro atoms. The van der Waals surface area contributed by atoms with Gasteiger partial charge >= 0.3 is 0 Å². The molecule has 0 atom stereocenters. The predicted molar refractivity (Wildman–Crippen MR) is 79.8 cm³/mol. The number of hydrogen-bond acceptors (Lipinski definition) is 3. The lowest BCUT2D eigenvalue weighted by molar-refractivity contribution is -0.130. The second-order valence-corrected chi connectivity index (χ2v) is 5.63. The summed E-state index contributed by atoms with van der Waals surface area (Å²) < 4.78 is 5.27. The van der Waals surface area contributed by atoms with Crippen molar-refractivity contribution in [1.29, 1.82) is 0 Å². The van der Waals surface area contributed by atoms with Gasteiger partial charge in [0.25, 0.3) is 5.91 Å². The van der Waals surface area contributed by atoms with E-state index in [1.54, 1.807) is 24.3 Å². The third-order valence-corrected chi connectivity index (χ3v) is 3.73. The molecule has 1 aliphatic rings. The minimum atomic E-state index is -0.398. The molecule has 2 N–H and O–H groups in total. The summed E-state index contributed by atoms with van der Waals surface area (Å²) in [6, 6.07) is 6.71. The van der Waals surface area contributed by atoms with Crippen molar-refractivity contribution >= 4 is 23.4 Å². The fourth-order valence-electron chi connectivity index (χ4n) is 2.38. The number of nitrogens with one attached hydrogen (secondary N) is 2. The number of hydrazine groups is 1. The van der Waals surface area contributed by atoms with Crippen molar-refractivity contribution in [3.63, 3.8) is 0 Å². The molecule has 2 rings (SSSR count). The van der Waals surface area contributed by atoms with Gasteiger partial charge in [-0.05, 0) is 43.0 Å². The molecule has 1 aliphatic carbocycles. The van der Waals surface area contributed by atoms with Crippen molar-refractivity contribution in [2.24, 2.45) is 5.92 Å². The second kappa shape index (κ2) is 7.88. The Morgan fingerprint density at radius 3 is 2.38 bits per heavy atom. The molecule has 1 aromatic rings. The summed E-state index contributed by atoms with van der Waals surface area (Å²) in [5.41, 5.74) is 4.76. The van der Waals surface area contributed by atoms with Crippen molar-refractivity contribution in [1.82, 2.24) is 10.9 Å². The van der Waals surface area contributed by atoms with Gasteiger partial charge in [-0.15, -0.1) is 0 Å². The van der Waals surface area contributed by atoms with E-state index in [4.69, 9.17) is 16.3 Å². The van der Waals surface area contributed by atoms with E-state index in [-0.39, 0.29) is 12.5 Å². The molecule has 21 heavy (non-hydrogen) atoms. The van der Waals surface area contributed by atoms with Gasteiger partial charge in [-0.3, -0.25) is 20.4 Å². The van der Waals surface area contributed by atoms with E-state index in [1.165, 1.54) is 12.8 Å². The number of carbonyl (C=O) groups is 2. The van der Waals surface area contributed by atoms with Crippen molar-refractivity contribution in [2.75, 3.05) is 6.61 Å². The van der Waals surface area contributed by atoms with Gasteiger partial charge in [0, 0.05) is 11.4 Å². The monoisotopic (exact) mass is 310 g/mol. The number of halogens is 1. The summed E-state index contributed by atoms with van der Waals surface area (Å²) in [6.45, 7) is -0.161. The van der Waals surface area contributed by atoms with Crippen molar-refractivity contribution in [3.05, 3.63) is 29.3 Å². The molecule has 114 valence electrons. The molecule has 0 heterocycles. The maximum absolute atomic E-state index is 11.6. The highest BCUT2D eigenvalue weighted by atomic mass is 35.5. The van der Waals surface area contributed by atoms with Crippen molar-refractivity contribution < 1.29 is 14.3 Å². The summed E-state index contributed by atoms with van der Waals surface area (Å²) in [5, 5.41) is 0.603. The molecule has 1 fully saturated rings. The Labute approximate surface area is 129 Å². The zero-order chi connectivity index (χ0) is 15.1.